The molecule has 0 aliphatic heterocycles. The highest BCUT2D eigenvalue weighted by Crippen LogP contribution is 2.19. The third kappa shape index (κ3) is 9.61. The summed E-state index contributed by atoms with van der Waals surface area (Å²) < 4.78 is 8.46. The summed E-state index contributed by atoms with van der Waals surface area (Å²) in [6, 6.07) is 7.36. The summed E-state index contributed by atoms with van der Waals surface area (Å²) in [5.74, 6) is 0.552. The van der Waals surface area contributed by atoms with E-state index in [-0.39, 0.29) is 6.04 Å². The second kappa shape index (κ2) is 10.4. The molecule has 0 aliphatic rings. The van der Waals surface area contributed by atoms with Crippen molar-refractivity contribution < 1.29 is 24.3 Å². The Balaban J connectivity index is 2.19. The molecule has 0 spiro atoms. The summed E-state index contributed by atoms with van der Waals surface area (Å²) in [4.78, 5) is 21.9. The Bertz CT molecular complexity index is 490. The molecule has 2 N–H and O–H groups in total. The van der Waals surface area contributed by atoms with Crippen LogP contribution in [0.15, 0.2) is 29.2 Å². The second-order valence-electron chi connectivity index (χ2n) is 6.12. The Morgan fingerprint density at radius 2 is 1.92 bits per heavy atom. The molecule has 1 rings (SSSR count). The quantitative estimate of drug-likeness (QED) is 0.303. The molecule has 1 aromatic rings. The molecule has 0 saturated carbocycles. The largest absolute Gasteiger partial charge is 0.444 e. The Morgan fingerprint density at radius 1 is 1.25 bits per heavy atom. The first-order valence-corrected chi connectivity index (χ1v) is 8.48. The van der Waals surface area contributed by atoms with Gasteiger partial charge < -0.3 is 14.9 Å². The fourth-order valence-corrected chi connectivity index (χ4v) is 2.29. The van der Waals surface area contributed by atoms with E-state index < -0.39 is 11.7 Å². The molecular formula is C16H26N2O5S. The molecule has 136 valence electrons. The van der Waals surface area contributed by atoms with Gasteiger partial charge in [0.05, 0.1) is 7.11 Å². The van der Waals surface area contributed by atoms with Crippen LogP contribution in [0.4, 0.5) is 4.79 Å². The zero-order chi connectivity index (χ0) is 18.0. The zero-order valence-corrected chi connectivity index (χ0v) is 15.6. The molecule has 0 heterocycles. The van der Waals surface area contributed by atoms with Crippen molar-refractivity contribution >= 4 is 18.0 Å². The van der Waals surface area contributed by atoms with Gasteiger partial charge in [-0.2, -0.15) is 4.89 Å². The lowest BCUT2D eigenvalue weighted by molar-refractivity contribution is -0.453. The van der Waals surface area contributed by atoms with Crippen molar-refractivity contribution in [2.24, 2.45) is 0 Å². The molecule has 0 saturated heterocycles. The van der Waals surface area contributed by atoms with Crippen LogP contribution in [0, 0.1) is 0 Å². The number of hydrogen-bond acceptors (Lipinski definition) is 7. The minimum Gasteiger partial charge on any atom is -0.444 e. The SMILES string of the molecule is COOOc1ccc(SNCCC(C)NC(=O)OC(C)(C)C)cc1. The van der Waals surface area contributed by atoms with Crippen molar-refractivity contribution in [3.8, 4) is 5.75 Å². The lowest BCUT2D eigenvalue weighted by atomic mass is 10.2. The maximum atomic E-state index is 11.6. The van der Waals surface area contributed by atoms with Crippen LogP contribution in [-0.4, -0.2) is 31.4 Å². The lowest BCUT2D eigenvalue weighted by Gasteiger charge is -2.22. The van der Waals surface area contributed by atoms with Gasteiger partial charge in [0.1, 0.15) is 5.60 Å². The van der Waals surface area contributed by atoms with Crippen molar-refractivity contribution in [2.45, 2.75) is 50.7 Å². The Morgan fingerprint density at radius 3 is 2.50 bits per heavy atom. The van der Waals surface area contributed by atoms with E-state index in [1.54, 1.807) is 12.1 Å². The fourth-order valence-electron chi connectivity index (χ4n) is 1.63. The summed E-state index contributed by atoms with van der Waals surface area (Å²) >= 11 is 1.50. The predicted octanol–water partition coefficient (Wildman–Crippen LogP) is 3.46. The molecule has 1 atom stereocenters. The first kappa shape index (κ1) is 20.6. The van der Waals surface area contributed by atoms with E-state index in [0.29, 0.717) is 5.75 Å². The first-order valence-electron chi connectivity index (χ1n) is 7.67. The molecule has 7 nitrogen and oxygen atoms in total. The number of carbonyl (C=O) groups excluding carboxylic acids is 1. The molecule has 24 heavy (non-hydrogen) atoms. The van der Waals surface area contributed by atoms with Crippen LogP contribution in [-0.2, 0) is 14.7 Å². The molecule has 1 amide bonds. The van der Waals surface area contributed by atoms with Crippen LogP contribution < -0.4 is 14.9 Å². The summed E-state index contributed by atoms with van der Waals surface area (Å²) in [5, 5.41) is 7.19. The van der Waals surface area contributed by atoms with Crippen molar-refractivity contribution in [1.82, 2.24) is 10.0 Å². The molecule has 0 fully saturated rings. The number of rotatable bonds is 9. The minimum atomic E-state index is -0.484. The number of carbonyl (C=O) groups is 1. The van der Waals surface area contributed by atoms with Gasteiger partial charge in [-0.1, -0.05) is 0 Å². The maximum Gasteiger partial charge on any atom is 0.407 e. The third-order valence-corrected chi connectivity index (χ3v) is 3.51. The van der Waals surface area contributed by atoms with Gasteiger partial charge in [-0.05, 0) is 75.4 Å². The number of ether oxygens (including phenoxy) is 1. The molecule has 0 bridgehead atoms. The van der Waals surface area contributed by atoms with Gasteiger partial charge in [-0.25, -0.2) is 4.79 Å². The average Bonchev–Trinajstić information content (AvgIpc) is 2.48. The van der Waals surface area contributed by atoms with E-state index in [0.717, 1.165) is 17.9 Å². The van der Waals surface area contributed by atoms with Crippen LogP contribution >= 0.6 is 11.9 Å². The summed E-state index contributed by atoms with van der Waals surface area (Å²) in [7, 11) is 1.37. The maximum absolute atomic E-state index is 11.6. The van der Waals surface area contributed by atoms with Gasteiger partial charge in [-0.3, -0.25) is 4.72 Å². The van der Waals surface area contributed by atoms with Crippen LogP contribution in [0.25, 0.3) is 0 Å². The molecular weight excluding hydrogens is 332 g/mol. The van der Waals surface area contributed by atoms with Gasteiger partial charge in [0.15, 0.2) is 5.75 Å². The number of hydrogen-bond donors (Lipinski definition) is 2. The van der Waals surface area contributed by atoms with Gasteiger partial charge in [0, 0.05) is 17.5 Å². The standard InChI is InChI=1S/C16H26N2O5S/c1-12(18-15(19)21-16(2,3)4)10-11-17-24-14-8-6-13(7-9-14)22-23-20-5/h6-9,12,17H,10-11H2,1-5H3,(H,18,19). The van der Waals surface area contributed by atoms with E-state index in [2.05, 4.69) is 20.0 Å². The Labute approximate surface area is 147 Å². The third-order valence-electron chi connectivity index (χ3n) is 2.65. The van der Waals surface area contributed by atoms with Gasteiger partial charge in [0.25, 0.3) is 0 Å². The van der Waals surface area contributed by atoms with E-state index >= 15 is 0 Å². The zero-order valence-electron chi connectivity index (χ0n) is 14.8. The van der Waals surface area contributed by atoms with Crippen molar-refractivity contribution in [3.05, 3.63) is 24.3 Å². The highest BCUT2D eigenvalue weighted by atomic mass is 32.2. The van der Waals surface area contributed by atoms with Gasteiger partial charge >= 0.3 is 6.09 Å². The number of benzene rings is 1. The van der Waals surface area contributed by atoms with Gasteiger partial charge in [-0.15, -0.1) is 0 Å². The molecule has 1 aromatic carbocycles. The van der Waals surface area contributed by atoms with Crippen LogP contribution in [0.5, 0.6) is 5.75 Å². The minimum absolute atomic E-state index is 0.0231. The monoisotopic (exact) mass is 358 g/mol. The normalized spacial score (nSPS) is 12.5. The summed E-state index contributed by atoms with van der Waals surface area (Å²) in [5.41, 5.74) is -0.484. The number of amides is 1. The molecule has 0 aromatic heterocycles. The molecule has 8 heteroatoms. The van der Waals surface area contributed by atoms with E-state index in [4.69, 9.17) is 9.62 Å². The van der Waals surface area contributed by atoms with Crippen molar-refractivity contribution in [3.63, 3.8) is 0 Å². The van der Waals surface area contributed by atoms with Gasteiger partial charge in [0.2, 0.25) is 0 Å². The second-order valence-corrected chi connectivity index (χ2v) is 7.09. The molecule has 1 unspecified atom stereocenters. The number of alkyl carbamates (subject to hydrolysis) is 1. The molecule has 0 aliphatic carbocycles. The smallest absolute Gasteiger partial charge is 0.407 e. The molecule has 0 radical (unpaired) electrons. The fraction of sp³-hybridized carbons (Fsp3) is 0.562. The Hall–Kier alpha value is -1.48. The van der Waals surface area contributed by atoms with Crippen molar-refractivity contribution in [2.75, 3.05) is 13.7 Å². The van der Waals surface area contributed by atoms with Crippen LogP contribution in [0.1, 0.15) is 34.1 Å². The number of nitrogens with one attached hydrogen (secondary N) is 2. The predicted molar refractivity (Wildman–Crippen MR) is 92.5 cm³/mol. The van der Waals surface area contributed by atoms with Crippen LogP contribution in [0.3, 0.4) is 0 Å². The highest BCUT2D eigenvalue weighted by molar-refractivity contribution is 7.97. The summed E-state index contributed by atoms with van der Waals surface area (Å²) in [6.07, 6.45) is 0.395. The highest BCUT2D eigenvalue weighted by Gasteiger charge is 2.17. The van der Waals surface area contributed by atoms with E-state index in [9.17, 15) is 4.79 Å². The Kier molecular flexibility index (Phi) is 8.91. The van der Waals surface area contributed by atoms with E-state index in [1.165, 1.54) is 19.1 Å². The summed E-state index contributed by atoms with van der Waals surface area (Å²) in [6.45, 7) is 8.21. The topological polar surface area (TPSA) is 78.0 Å². The van der Waals surface area contributed by atoms with Crippen molar-refractivity contribution in [1.29, 1.82) is 0 Å². The van der Waals surface area contributed by atoms with E-state index in [1.807, 2.05) is 39.8 Å². The van der Waals surface area contributed by atoms with Crippen LogP contribution in [0.2, 0.25) is 0 Å². The first-order chi connectivity index (χ1) is 11.3. The lowest BCUT2D eigenvalue weighted by Crippen LogP contribution is -2.38. The average molecular weight is 358 g/mol.